The maximum atomic E-state index is 11.5. The highest BCUT2D eigenvalue weighted by atomic mass is 16.4. The van der Waals surface area contributed by atoms with E-state index in [2.05, 4.69) is 39.9 Å². The van der Waals surface area contributed by atoms with Gasteiger partial charge in [-0.25, -0.2) is 0 Å². The molecule has 0 amide bonds. The Morgan fingerprint density at radius 1 is 1.18 bits per heavy atom. The van der Waals surface area contributed by atoms with Crippen molar-refractivity contribution in [3.05, 3.63) is 0 Å². The molecule has 1 fully saturated rings. The van der Waals surface area contributed by atoms with Crippen LogP contribution >= 0.6 is 0 Å². The SMILES string of the molecule is CC(C)(C)CC(C)(C)NC1(C(=O)O)CCCC1. The normalized spacial score (nSPS) is 20.5. The van der Waals surface area contributed by atoms with Crippen LogP contribution in [0.4, 0.5) is 0 Å². The van der Waals surface area contributed by atoms with Crippen LogP contribution in [0.2, 0.25) is 0 Å². The predicted molar refractivity (Wildman–Crippen MR) is 70.1 cm³/mol. The van der Waals surface area contributed by atoms with Crippen LogP contribution in [0.15, 0.2) is 0 Å². The molecule has 0 heterocycles. The average Bonchev–Trinajstić information content (AvgIpc) is 2.47. The van der Waals surface area contributed by atoms with E-state index in [9.17, 15) is 9.90 Å². The smallest absolute Gasteiger partial charge is 0.323 e. The van der Waals surface area contributed by atoms with Crippen molar-refractivity contribution < 1.29 is 9.90 Å². The summed E-state index contributed by atoms with van der Waals surface area (Å²) in [6.45, 7) is 10.8. The molecule has 1 aliphatic carbocycles. The molecule has 1 rings (SSSR count). The van der Waals surface area contributed by atoms with Crippen LogP contribution in [0.25, 0.3) is 0 Å². The van der Waals surface area contributed by atoms with Crippen LogP contribution < -0.4 is 5.32 Å². The van der Waals surface area contributed by atoms with Crippen LogP contribution in [0.5, 0.6) is 0 Å². The summed E-state index contributed by atoms with van der Waals surface area (Å²) in [4.78, 5) is 11.5. The molecule has 0 aliphatic heterocycles. The molecule has 0 radical (unpaired) electrons. The first-order chi connectivity index (χ1) is 7.56. The van der Waals surface area contributed by atoms with Crippen LogP contribution in [0.1, 0.15) is 66.7 Å². The summed E-state index contributed by atoms with van der Waals surface area (Å²) in [5.74, 6) is -0.683. The van der Waals surface area contributed by atoms with Crippen molar-refractivity contribution in [3.8, 4) is 0 Å². The lowest BCUT2D eigenvalue weighted by Gasteiger charge is -2.40. The van der Waals surface area contributed by atoms with Crippen molar-refractivity contribution >= 4 is 5.97 Å². The summed E-state index contributed by atoms with van der Waals surface area (Å²) in [6.07, 6.45) is 4.52. The van der Waals surface area contributed by atoms with Crippen molar-refractivity contribution in [2.45, 2.75) is 77.8 Å². The largest absolute Gasteiger partial charge is 0.480 e. The van der Waals surface area contributed by atoms with Gasteiger partial charge in [0.1, 0.15) is 5.54 Å². The first-order valence-corrected chi connectivity index (χ1v) is 6.59. The first-order valence-electron chi connectivity index (χ1n) is 6.59. The molecule has 1 aliphatic rings. The number of carboxylic acids is 1. The Balaban J connectivity index is 2.77. The molecule has 0 aromatic carbocycles. The predicted octanol–water partition coefficient (Wildman–Crippen LogP) is 3.19. The van der Waals surface area contributed by atoms with E-state index in [1.165, 1.54) is 0 Å². The average molecular weight is 241 g/mol. The van der Waals surface area contributed by atoms with Gasteiger partial charge in [0.05, 0.1) is 0 Å². The molecule has 0 atom stereocenters. The van der Waals surface area contributed by atoms with E-state index in [0.717, 1.165) is 32.1 Å². The van der Waals surface area contributed by atoms with Gasteiger partial charge in [0.2, 0.25) is 0 Å². The summed E-state index contributed by atoms with van der Waals surface area (Å²) < 4.78 is 0. The van der Waals surface area contributed by atoms with Gasteiger partial charge in [-0.05, 0) is 38.5 Å². The highest BCUT2D eigenvalue weighted by Gasteiger charge is 2.45. The fourth-order valence-corrected chi connectivity index (χ4v) is 3.39. The highest BCUT2D eigenvalue weighted by molar-refractivity contribution is 5.79. The molecule has 0 unspecified atom stereocenters. The molecule has 0 spiro atoms. The Morgan fingerprint density at radius 3 is 2.00 bits per heavy atom. The van der Waals surface area contributed by atoms with E-state index >= 15 is 0 Å². The second kappa shape index (κ2) is 4.60. The Labute approximate surface area is 105 Å². The molecule has 3 nitrogen and oxygen atoms in total. The highest BCUT2D eigenvalue weighted by Crippen LogP contribution is 2.35. The van der Waals surface area contributed by atoms with E-state index in [1.54, 1.807) is 0 Å². The van der Waals surface area contributed by atoms with Crippen LogP contribution in [-0.4, -0.2) is 22.2 Å². The minimum absolute atomic E-state index is 0.138. The third-order valence-corrected chi connectivity index (χ3v) is 3.42. The van der Waals surface area contributed by atoms with E-state index in [4.69, 9.17) is 0 Å². The monoisotopic (exact) mass is 241 g/mol. The van der Waals surface area contributed by atoms with Gasteiger partial charge in [0, 0.05) is 5.54 Å². The molecular weight excluding hydrogens is 214 g/mol. The molecule has 3 heteroatoms. The van der Waals surface area contributed by atoms with Gasteiger partial charge < -0.3 is 5.11 Å². The fourth-order valence-electron chi connectivity index (χ4n) is 3.39. The number of carboxylic acid groups (broad SMARTS) is 1. The van der Waals surface area contributed by atoms with Gasteiger partial charge in [0.25, 0.3) is 0 Å². The lowest BCUT2D eigenvalue weighted by molar-refractivity contribution is -0.145. The van der Waals surface area contributed by atoms with Crippen molar-refractivity contribution in [2.75, 3.05) is 0 Å². The number of hydrogen-bond donors (Lipinski definition) is 2. The molecule has 0 bridgehead atoms. The van der Waals surface area contributed by atoms with Crippen molar-refractivity contribution in [1.82, 2.24) is 5.32 Å². The third kappa shape index (κ3) is 3.98. The second-order valence-corrected chi connectivity index (χ2v) is 7.34. The van der Waals surface area contributed by atoms with Crippen LogP contribution in [0, 0.1) is 5.41 Å². The number of nitrogens with one attached hydrogen (secondary N) is 1. The lowest BCUT2D eigenvalue weighted by Crippen LogP contribution is -2.59. The van der Waals surface area contributed by atoms with E-state index in [0.29, 0.717) is 0 Å². The molecule has 100 valence electrons. The number of rotatable bonds is 4. The molecule has 0 saturated heterocycles. The second-order valence-electron chi connectivity index (χ2n) is 7.34. The topological polar surface area (TPSA) is 49.3 Å². The van der Waals surface area contributed by atoms with Gasteiger partial charge in [-0.3, -0.25) is 10.1 Å². The summed E-state index contributed by atoms with van der Waals surface area (Å²) in [7, 11) is 0. The molecule has 1 saturated carbocycles. The van der Waals surface area contributed by atoms with E-state index in [-0.39, 0.29) is 11.0 Å². The van der Waals surface area contributed by atoms with Gasteiger partial charge in [0.15, 0.2) is 0 Å². The zero-order valence-corrected chi connectivity index (χ0v) is 11.9. The fraction of sp³-hybridized carbons (Fsp3) is 0.929. The molecule has 0 aromatic rings. The summed E-state index contributed by atoms with van der Waals surface area (Å²) in [5, 5.41) is 12.9. The quantitative estimate of drug-likeness (QED) is 0.794. The molecule has 2 N–H and O–H groups in total. The zero-order valence-electron chi connectivity index (χ0n) is 11.9. The van der Waals surface area contributed by atoms with Crippen LogP contribution in [-0.2, 0) is 4.79 Å². The Morgan fingerprint density at radius 2 is 1.65 bits per heavy atom. The first kappa shape index (κ1) is 14.5. The van der Waals surface area contributed by atoms with E-state index in [1.807, 2.05) is 0 Å². The molecule has 17 heavy (non-hydrogen) atoms. The van der Waals surface area contributed by atoms with Gasteiger partial charge in [-0.1, -0.05) is 33.6 Å². The number of carbonyl (C=O) groups is 1. The summed E-state index contributed by atoms with van der Waals surface area (Å²) in [6, 6.07) is 0. The molecular formula is C14H27NO2. The minimum atomic E-state index is -0.686. The third-order valence-electron chi connectivity index (χ3n) is 3.42. The standard InChI is InChI=1S/C14H27NO2/c1-12(2,3)10-13(4,5)15-14(11(16)17)8-6-7-9-14/h15H,6-10H2,1-5H3,(H,16,17). The Hall–Kier alpha value is -0.570. The van der Waals surface area contributed by atoms with E-state index < -0.39 is 11.5 Å². The zero-order chi connectivity index (χ0) is 13.3. The minimum Gasteiger partial charge on any atom is -0.480 e. The Bertz CT molecular complexity index is 283. The lowest BCUT2D eigenvalue weighted by atomic mass is 9.80. The molecule has 0 aromatic heterocycles. The van der Waals surface area contributed by atoms with Gasteiger partial charge in [-0.15, -0.1) is 0 Å². The summed E-state index contributed by atoms with van der Waals surface area (Å²) in [5.41, 5.74) is -0.621. The van der Waals surface area contributed by atoms with Gasteiger partial charge in [-0.2, -0.15) is 0 Å². The van der Waals surface area contributed by atoms with Crippen molar-refractivity contribution in [3.63, 3.8) is 0 Å². The Kier molecular flexibility index (Phi) is 3.92. The van der Waals surface area contributed by atoms with Crippen LogP contribution in [0.3, 0.4) is 0 Å². The maximum Gasteiger partial charge on any atom is 0.323 e. The van der Waals surface area contributed by atoms with Gasteiger partial charge >= 0.3 is 5.97 Å². The number of aliphatic carboxylic acids is 1. The maximum absolute atomic E-state index is 11.5. The summed E-state index contributed by atoms with van der Waals surface area (Å²) >= 11 is 0. The van der Waals surface area contributed by atoms with Crippen molar-refractivity contribution in [1.29, 1.82) is 0 Å². The van der Waals surface area contributed by atoms with Crippen molar-refractivity contribution in [2.24, 2.45) is 5.41 Å². The number of hydrogen-bond acceptors (Lipinski definition) is 2.